The van der Waals surface area contributed by atoms with E-state index in [1.54, 1.807) is 0 Å². The molecule has 2 bridgehead atoms. The van der Waals surface area contributed by atoms with Gasteiger partial charge in [-0.25, -0.2) is 4.98 Å². The molecule has 2 aliphatic rings. The Balaban J connectivity index is 1.30. The lowest BCUT2D eigenvalue weighted by Crippen LogP contribution is -2.34. The van der Waals surface area contributed by atoms with E-state index >= 15 is 0 Å². The van der Waals surface area contributed by atoms with Crippen LogP contribution in [0.4, 0.5) is 0 Å². The van der Waals surface area contributed by atoms with Crippen LogP contribution in [-0.2, 0) is 11.3 Å². The zero-order valence-corrected chi connectivity index (χ0v) is 13.8. The van der Waals surface area contributed by atoms with Gasteiger partial charge in [0, 0.05) is 19.0 Å². The molecule has 0 spiro atoms. The molecule has 1 aromatic heterocycles. The lowest BCUT2D eigenvalue weighted by Gasteiger charge is -2.20. The molecule has 4 nitrogen and oxygen atoms in total. The summed E-state index contributed by atoms with van der Waals surface area (Å²) in [7, 11) is 0. The summed E-state index contributed by atoms with van der Waals surface area (Å²) in [5.41, 5.74) is 2.24. The van der Waals surface area contributed by atoms with Crippen LogP contribution >= 0.6 is 0 Å². The normalized spacial score (nSPS) is 26.0. The maximum Gasteiger partial charge on any atom is 0.223 e. The van der Waals surface area contributed by atoms with Crippen LogP contribution in [0.2, 0.25) is 0 Å². The van der Waals surface area contributed by atoms with Crippen molar-refractivity contribution in [2.45, 2.75) is 45.6 Å². The number of benzene rings is 1. The molecule has 3 atom stereocenters. The van der Waals surface area contributed by atoms with E-state index in [0.717, 1.165) is 43.2 Å². The molecule has 0 aliphatic heterocycles. The maximum atomic E-state index is 12.3. The van der Waals surface area contributed by atoms with Crippen LogP contribution in [0.25, 0.3) is 11.0 Å². The monoisotopic (exact) mass is 311 g/mol. The van der Waals surface area contributed by atoms with Gasteiger partial charge in [0.1, 0.15) is 5.82 Å². The summed E-state index contributed by atoms with van der Waals surface area (Å²) in [6.07, 6.45) is 5.98. The number of carbonyl (C=O) groups excluding carboxylic acids is 1. The standard InChI is InChI=1S/C19H25N3O/c1-13-21-17-5-2-3-6-18(17)22(13)10-4-9-20-19(23)16-12-14-7-8-15(16)11-14/h2-3,5-6,14-16H,4,7-12H2,1H3,(H,20,23). The summed E-state index contributed by atoms with van der Waals surface area (Å²) in [6.45, 7) is 3.72. The molecule has 122 valence electrons. The number of hydrogen-bond donors (Lipinski definition) is 1. The van der Waals surface area contributed by atoms with Crippen LogP contribution in [0.1, 0.15) is 37.9 Å². The minimum absolute atomic E-state index is 0.296. The number of nitrogens with zero attached hydrogens (tertiary/aromatic N) is 2. The molecule has 23 heavy (non-hydrogen) atoms. The van der Waals surface area contributed by atoms with Gasteiger partial charge < -0.3 is 9.88 Å². The van der Waals surface area contributed by atoms with Crippen molar-refractivity contribution >= 4 is 16.9 Å². The maximum absolute atomic E-state index is 12.3. The fourth-order valence-electron chi connectivity index (χ4n) is 4.62. The molecule has 1 amide bonds. The van der Waals surface area contributed by atoms with Crippen molar-refractivity contribution in [2.75, 3.05) is 6.54 Å². The van der Waals surface area contributed by atoms with Crippen molar-refractivity contribution in [2.24, 2.45) is 17.8 Å². The number of fused-ring (bicyclic) bond motifs is 3. The largest absolute Gasteiger partial charge is 0.356 e. The van der Waals surface area contributed by atoms with Crippen LogP contribution in [0.15, 0.2) is 24.3 Å². The number of amides is 1. The van der Waals surface area contributed by atoms with Gasteiger partial charge in [-0.3, -0.25) is 4.79 Å². The molecule has 2 aliphatic carbocycles. The summed E-state index contributed by atoms with van der Waals surface area (Å²) < 4.78 is 2.25. The Labute approximate surface area is 137 Å². The van der Waals surface area contributed by atoms with Crippen molar-refractivity contribution in [3.63, 3.8) is 0 Å². The number of para-hydroxylation sites is 2. The van der Waals surface area contributed by atoms with Crippen molar-refractivity contribution in [1.82, 2.24) is 14.9 Å². The zero-order valence-electron chi connectivity index (χ0n) is 13.8. The Morgan fingerprint density at radius 2 is 2.17 bits per heavy atom. The quantitative estimate of drug-likeness (QED) is 0.861. The molecule has 3 unspecified atom stereocenters. The van der Waals surface area contributed by atoms with E-state index in [0.29, 0.717) is 17.7 Å². The highest BCUT2D eigenvalue weighted by Crippen LogP contribution is 2.48. The molecule has 4 rings (SSSR count). The van der Waals surface area contributed by atoms with E-state index in [4.69, 9.17) is 0 Å². The van der Waals surface area contributed by atoms with E-state index in [1.165, 1.54) is 24.8 Å². The summed E-state index contributed by atoms with van der Waals surface area (Å²) in [4.78, 5) is 16.9. The van der Waals surface area contributed by atoms with E-state index in [1.807, 2.05) is 13.0 Å². The number of imidazole rings is 1. The molecule has 2 fully saturated rings. The van der Waals surface area contributed by atoms with Gasteiger partial charge in [0.2, 0.25) is 5.91 Å². The van der Waals surface area contributed by atoms with Crippen molar-refractivity contribution in [1.29, 1.82) is 0 Å². The summed E-state index contributed by atoms with van der Waals surface area (Å²) in [6, 6.07) is 8.24. The molecular formula is C19H25N3O. The molecule has 1 N–H and O–H groups in total. The number of carbonyl (C=O) groups is 1. The highest BCUT2D eigenvalue weighted by molar-refractivity contribution is 5.79. The van der Waals surface area contributed by atoms with Crippen molar-refractivity contribution in [3.05, 3.63) is 30.1 Å². The van der Waals surface area contributed by atoms with Gasteiger partial charge in [0.25, 0.3) is 0 Å². The second-order valence-electron chi connectivity index (χ2n) is 7.23. The lowest BCUT2D eigenvalue weighted by molar-refractivity contribution is -0.126. The third-order valence-corrected chi connectivity index (χ3v) is 5.78. The zero-order chi connectivity index (χ0) is 15.8. The minimum atomic E-state index is 0.296. The predicted molar refractivity (Wildman–Crippen MR) is 91.0 cm³/mol. The number of rotatable bonds is 5. The minimum Gasteiger partial charge on any atom is -0.356 e. The average molecular weight is 311 g/mol. The average Bonchev–Trinajstić information content (AvgIpc) is 3.25. The summed E-state index contributed by atoms with van der Waals surface area (Å²) in [5.74, 6) is 3.13. The highest BCUT2D eigenvalue weighted by atomic mass is 16.1. The van der Waals surface area contributed by atoms with Crippen molar-refractivity contribution in [3.8, 4) is 0 Å². The molecule has 1 heterocycles. The number of aromatic nitrogens is 2. The second kappa shape index (κ2) is 5.99. The van der Waals surface area contributed by atoms with Gasteiger partial charge in [0.05, 0.1) is 11.0 Å². The Kier molecular flexibility index (Phi) is 3.83. The first kappa shape index (κ1) is 14.7. The third kappa shape index (κ3) is 2.75. The Morgan fingerprint density at radius 1 is 1.30 bits per heavy atom. The van der Waals surface area contributed by atoms with Crippen LogP contribution in [-0.4, -0.2) is 22.0 Å². The predicted octanol–water partition coefficient (Wildman–Crippen LogP) is 3.29. The van der Waals surface area contributed by atoms with Gasteiger partial charge >= 0.3 is 0 Å². The van der Waals surface area contributed by atoms with Crippen molar-refractivity contribution < 1.29 is 4.79 Å². The Morgan fingerprint density at radius 3 is 2.96 bits per heavy atom. The third-order valence-electron chi connectivity index (χ3n) is 5.78. The van der Waals surface area contributed by atoms with Gasteiger partial charge in [-0.15, -0.1) is 0 Å². The Hall–Kier alpha value is -1.84. The molecular weight excluding hydrogens is 286 g/mol. The highest BCUT2D eigenvalue weighted by Gasteiger charge is 2.42. The fraction of sp³-hybridized carbons (Fsp3) is 0.579. The van der Waals surface area contributed by atoms with Gasteiger partial charge in [-0.05, 0) is 56.6 Å². The van der Waals surface area contributed by atoms with E-state index in [9.17, 15) is 4.79 Å². The molecule has 2 aromatic rings. The SMILES string of the molecule is Cc1nc2ccccc2n1CCCNC(=O)C1CC2CCC1C2. The molecule has 0 radical (unpaired) electrons. The Bertz CT molecular complexity index is 720. The summed E-state index contributed by atoms with van der Waals surface area (Å²) >= 11 is 0. The van der Waals surface area contributed by atoms with Gasteiger partial charge in [-0.2, -0.15) is 0 Å². The first-order valence-corrected chi connectivity index (χ1v) is 8.92. The first-order chi connectivity index (χ1) is 11.2. The van der Waals surface area contributed by atoms with E-state index in [2.05, 4.69) is 33.1 Å². The van der Waals surface area contributed by atoms with Gasteiger partial charge in [0.15, 0.2) is 0 Å². The van der Waals surface area contributed by atoms with Crippen LogP contribution in [0, 0.1) is 24.7 Å². The van der Waals surface area contributed by atoms with E-state index < -0.39 is 0 Å². The second-order valence-corrected chi connectivity index (χ2v) is 7.23. The fourth-order valence-corrected chi connectivity index (χ4v) is 4.62. The van der Waals surface area contributed by atoms with Gasteiger partial charge in [-0.1, -0.05) is 18.6 Å². The molecule has 0 saturated heterocycles. The number of hydrogen-bond acceptors (Lipinski definition) is 2. The van der Waals surface area contributed by atoms with Crippen LogP contribution in [0.3, 0.4) is 0 Å². The number of nitrogens with one attached hydrogen (secondary N) is 1. The summed E-state index contributed by atoms with van der Waals surface area (Å²) in [5, 5.41) is 3.17. The van der Waals surface area contributed by atoms with Crippen LogP contribution < -0.4 is 5.32 Å². The lowest BCUT2D eigenvalue weighted by atomic mass is 9.88. The molecule has 4 heteroatoms. The molecule has 1 aromatic carbocycles. The smallest absolute Gasteiger partial charge is 0.223 e. The molecule has 2 saturated carbocycles. The van der Waals surface area contributed by atoms with Crippen LogP contribution in [0.5, 0.6) is 0 Å². The topological polar surface area (TPSA) is 46.9 Å². The van der Waals surface area contributed by atoms with E-state index in [-0.39, 0.29) is 0 Å². The first-order valence-electron chi connectivity index (χ1n) is 8.92. The number of aryl methyl sites for hydroxylation is 2.